The van der Waals surface area contributed by atoms with E-state index in [2.05, 4.69) is 37.3 Å². The lowest BCUT2D eigenvalue weighted by molar-refractivity contribution is -0.117. The number of benzene rings is 2. The van der Waals surface area contributed by atoms with Crippen LogP contribution in [0.5, 0.6) is 0 Å². The lowest BCUT2D eigenvalue weighted by Crippen LogP contribution is -2.22. The second-order valence-corrected chi connectivity index (χ2v) is 6.92. The van der Waals surface area contributed by atoms with Gasteiger partial charge in [-0.1, -0.05) is 49.4 Å². The Labute approximate surface area is 142 Å². The number of aliphatic hydroxyl groups excluding tert-OH is 1. The predicted octanol–water partition coefficient (Wildman–Crippen LogP) is 5.18. The zero-order valence-corrected chi connectivity index (χ0v) is 14.0. The van der Waals surface area contributed by atoms with Crippen LogP contribution < -0.4 is 0 Å². The number of Topliss-reactive ketones (excluding diaryl/α,β-unsaturated/α-hetero) is 1. The van der Waals surface area contributed by atoms with E-state index < -0.39 is 0 Å². The summed E-state index contributed by atoms with van der Waals surface area (Å²) in [6, 6.07) is 16.5. The molecule has 2 unspecified atom stereocenters. The summed E-state index contributed by atoms with van der Waals surface area (Å²) in [6.45, 7) is 2.10. The van der Waals surface area contributed by atoms with E-state index >= 15 is 0 Å². The van der Waals surface area contributed by atoms with Crippen LogP contribution in [0.2, 0.25) is 0 Å². The van der Waals surface area contributed by atoms with Gasteiger partial charge in [0, 0.05) is 11.8 Å². The van der Waals surface area contributed by atoms with Gasteiger partial charge in [0.1, 0.15) is 5.76 Å². The van der Waals surface area contributed by atoms with Crippen LogP contribution in [0.4, 0.5) is 0 Å². The fourth-order valence-electron chi connectivity index (χ4n) is 4.20. The summed E-state index contributed by atoms with van der Waals surface area (Å²) in [4.78, 5) is 12.9. The van der Waals surface area contributed by atoms with Gasteiger partial charge in [0.15, 0.2) is 5.78 Å². The highest BCUT2D eigenvalue weighted by atomic mass is 16.3. The number of carbonyl (C=O) groups excluding carboxylic acids is 1. The van der Waals surface area contributed by atoms with Gasteiger partial charge < -0.3 is 5.11 Å². The first-order chi connectivity index (χ1) is 11.7. The fraction of sp³-hybridized carbons (Fsp3) is 0.318. The Kier molecular flexibility index (Phi) is 3.76. The monoisotopic (exact) mass is 318 g/mol. The summed E-state index contributed by atoms with van der Waals surface area (Å²) in [5, 5.41) is 10.7. The third-order valence-electron chi connectivity index (χ3n) is 5.56. The van der Waals surface area contributed by atoms with Gasteiger partial charge in [0.2, 0.25) is 0 Å². The van der Waals surface area contributed by atoms with Crippen LogP contribution in [-0.4, -0.2) is 10.9 Å². The van der Waals surface area contributed by atoms with Crippen LogP contribution in [0.15, 0.2) is 54.3 Å². The number of hydrogen-bond acceptors (Lipinski definition) is 2. The molecule has 2 aromatic rings. The summed E-state index contributed by atoms with van der Waals surface area (Å²) < 4.78 is 0. The van der Waals surface area contributed by atoms with Gasteiger partial charge in [-0.25, -0.2) is 0 Å². The smallest absolute Gasteiger partial charge is 0.169 e. The van der Waals surface area contributed by atoms with Crippen molar-refractivity contribution in [3.63, 3.8) is 0 Å². The van der Waals surface area contributed by atoms with Crippen molar-refractivity contribution < 1.29 is 9.90 Å². The molecule has 0 heterocycles. The maximum absolute atomic E-state index is 12.9. The molecule has 0 amide bonds. The Hall–Kier alpha value is -2.35. The summed E-state index contributed by atoms with van der Waals surface area (Å²) in [7, 11) is 0. The number of ketones is 1. The number of fused-ring (bicyclic) bond motifs is 2. The Bertz CT molecular complexity index is 817. The molecule has 2 atom stereocenters. The molecule has 2 aliphatic rings. The maximum Gasteiger partial charge on any atom is 0.169 e. The van der Waals surface area contributed by atoms with Crippen molar-refractivity contribution >= 4 is 11.4 Å². The second kappa shape index (κ2) is 5.94. The quantitative estimate of drug-likeness (QED) is 0.846. The molecule has 0 spiro atoms. The third-order valence-corrected chi connectivity index (χ3v) is 5.56. The second-order valence-electron chi connectivity index (χ2n) is 6.92. The molecule has 1 fully saturated rings. The summed E-state index contributed by atoms with van der Waals surface area (Å²) >= 11 is 0. The number of aryl methyl sites for hydroxylation is 1. The molecule has 24 heavy (non-hydrogen) atoms. The average Bonchev–Trinajstić information content (AvgIpc) is 3.08. The summed E-state index contributed by atoms with van der Waals surface area (Å²) in [5.41, 5.74) is 4.87. The zero-order valence-electron chi connectivity index (χ0n) is 14.0. The van der Waals surface area contributed by atoms with E-state index in [0.717, 1.165) is 47.9 Å². The SMILES string of the molecule is CCc1ccc(-c2ccccc2)cc1C1=C(O)C2CCC(C2)C1=O. The van der Waals surface area contributed by atoms with E-state index in [1.807, 2.05) is 18.2 Å². The minimum absolute atomic E-state index is 0.103. The first kappa shape index (κ1) is 15.2. The summed E-state index contributed by atoms with van der Waals surface area (Å²) in [5.74, 6) is 0.744. The van der Waals surface area contributed by atoms with Crippen molar-refractivity contribution in [2.75, 3.05) is 0 Å². The molecule has 1 saturated carbocycles. The maximum atomic E-state index is 12.9. The highest BCUT2D eigenvalue weighted by molar-refractivity contribution is 6.23. The van der Waals surface area contributed by atoms with E-state index in [1.54, 1.807) is 0 Å². The number of aliphatic hydroxyl groups is 1. The fourth-order valence-corrected chi connectivity index (χ4v) is 4.20. The van der Waals surface area contributed by atoms with E-state index in [-0.39, 0.29) is 17.6 Å². The van der Waals surface area contributed by atoms with Crippen LogP contribution in [0.1, 0.15) is 37.3 Å². The molecular formula is C22H22O2. The third kappa shape index (κ3) is 2.37. The molecule has 2 bridgehead atoms. The molecule has 0 aliphatic heterocycles. The molecule has 1 N–H and O–H groups in total. The van der Waals surface area contributed by atoms with Crippen LogP contribution in [0, 0.1) is 11.8 Å². The standard InChI is InChI=1S/C22H22O2/c1-2-14-8-9-16(15-6-4-3-5-7-15)13-19(14)20-21(23)17-10-11-18(12-17)22(20)24/h3-9,13,17-18,23H,2,10-12H2,1H3. The van der Waals surface area contributed by atoms with Crippen LogP contribution >= 0.6 is 0 Å². The zero-order chi connectivity index (χ0) is 16.7. The van der Waals surface area contributed by atoms with Crippen LogP contribution in [-0.2, 0) is 11.2 Å². The molecule has 2 aliphatic carbocycles. The Morgan fingerprint density at radius 2 is 1.75 bits per heavy atom. The highest BCUT2D eigenvalue weighted by Crippen LogP contribution is 2.46. The normalized spacial score (nSPS) is 23.0. The molecule has 0 aromatic heterocycles. The molecule has 2 nitrogen and oxygen atoms in total. The number of carbonyl (C=O) groups is 1. The van der Waals surface area contributed by atoms with Crippen molar-refractivity contribution in [3.05, 3.63) is 65.4 Å². The van der Waals surface area contributed by atoms with Crippen molar-refractivity contribution in [2.45, 2.75) is 32.6 Å². The first-order valence-corrected chi connectivity index (χ1v) is 8.85. The number of allylic oxidation sites excluding steroid dienone is 2. The summed E-state index contributed by atoms with van der Waals surface area (Å²) in [6.07, 6.45) is 3.53. The highest BCUT2D eigenvalue weighted by Gasteiger charge is 2.41. The van der Waals surface area contributed by atoms with E-state index in [9.17, 15) is 9.90 Å². The van der Waals surface area contributed by atoms with E-state index in [1.165, 1.54) is 0 Å². The Morgan fingerprint density at radius 3 is 2.50 bits per heavy atom. The topological polar surface area (TPSA) is 37.3 Å². The largest absolute Gasteiger partial charge is 0.511 e. The predicted molar refractivity (Wildman–Crippen MR) is 96.6 cm³/mol. The minimum atomic E-state index is 0.103. The Morgan fingerprint density at radius 1 is 1.00 bits per heavy atom. The number of hydrogen-bond donors (Lipinski definition) is 1. The lowest BCUT2D eigenvalue weighted by Gasteiger charge is -2.23. The van der Waals surface area contributed by atoms with Crippen molar-refractivity contribution in [1.29, 1.82) is 0 Å². The molecule has 0 saturated heterocycles. The van der Waals surface area contributed by atoms with Gasteiger partial charge in [-0.15, -0.1) is 0 Å². The van der Waals surface area contributed by atoms with Crippen molar-refractivity contribution in [1.82, 2.24) is 0 Å². The van der Waals surface area contributed by atoms with Crippen LogP contribution in [0.3, 0.4) is 0 Å². The molecule has 2 heteroatoms. The molecule has 4 rings (SSSR count). The van der Waals surface area contributed by atoms with Gasteiger partial charge >= 0.3 is 0 Å². The van der Waals surface area contributed by atoms with Gasteiger partial charge in [0.25, 0.3) is 0 Å². The first-order valence-electron chi connectivity index (χ1n) is 8.85. The van der Waals surface area contributed by atoms with E-state index in [4.69, 9.17) is 0 Å². The van der Waals surface area contributed by atoms with Crippen molar-refractivity contribution in [3.8, 4) is 11.1 Å². The number of rotatable bonds is 3. The molecule has 2 aromatic carbocycles. The average molecular weight is 318 g/mol. The van der Waals surface area contributed by atoms with Gasteiger partial charge in [-0.2, -0.15) is 0 Å². The molecular weight excluding hydrogens is 296 g/mol. The minimum Gasteiger partial charge on any atom is -0.511 e. The van der Waals surface area contributed by atoms with Crippen LogP contribution in [0.25, 0.3) is 16.7 Å². The van der Waals surface area contributed by atoms with E-state index in [0.29, 0.717) is 11.3 Å². The molecule has 0 radical (unpaired) electrons. The lowest BCUT2D eigenvalue weighted by atomic mass is 9.81. The van der Waals surface area contributed by atoms with Crippen molar-refractivity contribution in [2.24, 2.45) is 11.8 Å². The Balaban J connectivity index is 1.88. The molecule has 122 valence electrons. The van der Waals surface area contributed by atoms with Gasteiger partial charge in [-0.3, -0.25) is 4.79 Å². The van der Waals surface area contributed by atoms with Gasteiger partial charge in [0.05, 0.1) is 5.57 Å². The van der Waals surface area contributed by atoms with Gasteiger partial charge in [-0.05, 0) is 54.0 Å².